The van der Waals surface area contributed by atoms with Crippen LogP contribution in [-0.4, -0.2) is 48.2 Å². The van der Waals surface area contributed by atoms with Gasteiger partial charge in [0.15, 0.2) is 0 Å². The third-order valence-corrected chi connectivity index (χ3v) is 6.72. The zero-order valence-electron chi connectivity index (χ0n) is 17.2. The number of aromatic nitrogens is 1. The molecular weight excluding hydrogens is 422 g/mol. The van der Waals surface area contributed by atoms with Gasteiger partial charge in [0.1, 0.15) is 12.4 Å². The van der Waals surface area contributed by atoms with Crippen LogP contribution >= 0.6 is 22.9 Å². The molecule has 1 atom stereocenters. The first kappa shape index (κ1) is 21.6. The summed E-state index contributed by atoms with van der Waals surface area (Å²) in [5.41, 5.74) is 1.75. The summed E-state index contributed by atoms with van der Waals surface area (Å²) in [6.45, 7) is 5.95. The molecule has 1 unspecified atom stereocenters. The molecule has 0 spiro atoms. The number of carbonyl (C=O) groups is 1. The molecule has 2 aliphatic heterocycles. The fraction of sp³-hybridized carbons (Fsp3) is 0.545. The first-order valence-corrected chi connectivity index (χ1v) is 11.8. The molecule has 0 saturated carbocycles. The van der Waals surface area contributed by atoms with Crippen molar-refractivity contribution in [3.63, 3.8) is 0 Å². The largest absolute Gasteiger partial charge is 0.489 e. The van der Waals surface area contributed by atoms with E-state index < -0.39 is 0 Å². The Hall–Kier alpha value is -1.67. The molecule has 30 heavy (non-hydrogen) atoms. The van der Waals surface area contributed by atoms with Crippen molar-refractivity contribution in [2.45, 2.75) is 45.3 Å². The van der Waals surface area contributed by atoms with E-state index in [1.54, 1.807) is 23.5 Å². The molecule has 4 rings (SSSR count). The lowest BCUT2D eigenvalue weighted by Crippen LogP contribution is -2.37. The van der Waals surface area contributed by atoms with E-state index in [0.717, 1.165) is 62.6 Å². The van der Waals surface area contributed by atoms with Crippen LogP contribution in [-0.2, 0) is 16.1 Å². The Balaban J connectivity index is 1.30. The zero-order chi connectivity index (χ0) is 20.9. The van der Waals surface area contributed by atoms with Crippen LogP contribution in [0, 0.1) is 12.8 Å². The van der Waals surface area contributed by atoms with E-state index in [4.69, 9.17) is 21.1 Å². The number of amides is 1. The summed E-state index contributed by atoms with van der Waals surface area (Å²) in [6, 6.07) is 5.34. The number of piperidine rings is 1. The molecule has 2 saturated heterocycles. The molecule has 162 valence electrons. The normalized spacial score (nSPS) is 20.4. The van der Waals surface area contributed by atoms with Gasteiger partial charge in [-0.1, -0.05) is 11.6 Å². The molecule has 6 nitrogen and oxygen atoms in total. The van der Waals surface area contributed by atoms with E-state index in [0.29, 0.717) is 23.1 Å². The highest BCUT2D eigenvalue weighted by Gasteiger charge is 2.26. The van der Waals surface area contributed by atoms with Crippen molar-refractivity contribution in [2.75, 3.05) is 31.6 Å². The van der Waals surface area contributed by atoms with Gasteiger partial charge < -0.3 is 14.8 Å². The highest BCUT2D eigenvalue weighted by atomic mass is 35.5. The fourth-order valence-electron chi connectivity index (χ4n) is 3.98. The van der Waals surface area contributed by atoms with Crippen LogP contribution in [0.3, 0.4) is 0 Å². The van der Waals surface area contributed by atoms with Gasteiger partial charge in [-0.05, 0) is 63.9 Å². The number of nitrogens with one attached hydrogen (secondary N) is 1. The van der Waals surface area contributed by atoms with Gasteiger partial charge in [-0.25, -0.2) is 4.98 Å². The molecule has 3 heterocycles. The second-order valence-corrected chi connectivity index (χ2v) is 9.48. The number of benzene rings is 1. The van der Waals surface area contributed by atoms with Crippen molar-refractivity contribution in [1.29, 1.82) is 0 Å². The third-order valence-electron chi connectivity index (χ3n) is 5.66. The Labute approximate surface area is 186 Å². The van der Waals surface area contributed by atoms with Gasteiger partial charge in [0, 0.05) is 29.5 Å². The number of anilines is 1. The van der Waals surface area contributed by atoms with E-state index in [9.17, 15) is 4.79 Å². The van der Waals surface area contributed by atoms with Crippen LogP contribution in [0.2, 0.25) is 5.02 Å². The topological polar surface area (TPSA) is 63.7 Å². The Bertz CT molecular complexity index is 861. The van der Waals surface area contributed by atoms with Crippen LogP contribution in [0.25, 0.3) is 0 Å². The number of ether oxygens (including phenoxy) is 2. The highest BCUT2D eigenvalue weighted by Crippen LogP contribution is 2.30. The van der Waals surface area contributed by atoms with E-state index in [-0.39, 0.29) is 17.9 Å². The summed E-state index contributed by atoms with van der Waals surface area (Å²) in [5.74, 6) is 0.659. The average Bonchev–Trinajstić information content (AvgIpc) is 3.39. The summed E-state index contributed by atoms with van der Waals surface area (Å²) in [4.78, 5) is 19.8. The van der Waals surface area contributed by atoms with Crippen LogP contribution in [0.1, 0.15) is 36.4 Å². The number of aryl methyl sites for hydroxylation is 1. The molecule has 0 aliphatic carbocycles. The van der Waals surface area contributed by atoms with Crippen molar-refractivity contribution in [3.8, 4) is 5.75 Å². The lowest BCUT2D eigenvalue weighted by molar-refractivity contribution is -0.121. The zero-order valence-corrected chi connectivity index (χ0v) is 18.8. The fourth-order valence-corrected chi connectivity index (χ4v) is 4.76. The number of rotatable bonds is 7. The molecule has 8 heteroatoms. The lowest BCUT2D eigenvalue weighted by atomic mass is 9.95. The van der Waals surface area contributed by atoms with Gasteiger partial charge in [0.25, 0.3) is 0 Å². The lowest BCUT2D eigenvalue weighted by Gasteiger charge is -2.30. The van der Waals surface area contributed by atoms with Crippen LogP contribution in [0.15, 0.2) is 23.6 Å². The van der Waals surface area contributed by atoms with Gasteiger partial charge in [0.05, 0.1) is 22.5 Å². The third kappa shape index (κ3) is 5.72. The van der Waals surface area contributed by atoms with Crippen LogP contribution < -0.4 is 10.1 Å². The molecule has 0 radical (unpaired) electrons. The van der Waals surface area contributed by atoms with E-state index in [1.165, 1.54) is 0 Å². The highest BCUT2D eigenvalue weighted by molar-refractivity contribution is 7.09. The Morgan fingerprint density at radius 2 is 2.20 bits per heavy atom. The first-order chi connectivity index (χ1) is 14.6. The van der Waals surface area contributed by atoms with E-state index in [2.05, 4.69) is 20.6 Å². The second kappa shape index (κ2) is 10.1. The molecular formula is C22H28ClN3O3S. The number of hydrogen-bond donors (Lipinski definition) is 1. The Morgan fingerprint density at radius 1 is 1.37 bits per heavy atom. The van der Waals surface area contributed by atoms with Crippen LogP contribution in [0.4, 0.5) is 5.69 Å². The Kier molecular flexibility index (Phi) is 7.25. The summed E-state index contributed by atoms with van der Waals surface area (Å²) in [5, 5.41) is 6.83. The standard InChI is InChI=1S/C22H28ClN3O3S/c1-15-24-18(14-30-15)12-26-8-6-16(7-9-26)22(27)25-20-11-17(23)4-5-21(20)29-13-19-3-2-10-28-19/h4-5,11,14,16,19H,2-3,6-10,12-13H2,1H3,(H,25,27). The molecule has 2 aromatic rings. The van der Waals surface area contributed by atoms with E-state index >= 15 is 0 Å². The second-order valence-electron chi connectivity index (χ2n) is 7.98. The number of thiazole rings is 1. The predicted octanol–water partition coefficient (Wildman–Crippen LogP) is 4.51. The predicted molar refractivity (Wildman–Crippen MR) is 119 cm³/mol. The maximum atomic E-state index is 12.9. The molecule has 1 N–H and O–H groups in total. The van der Waals surface area contributed by atoms with Crippen molar-refractivity contribution >= 4 is 34.5 Å². The summed E-state index contributed by atoms with van der Waals surface area (Å²) < 4.78 is 11.6. The van der Waals surface area contributed by atoms with Gasteiger partial charge in [-0.2, -0.15) is 0 Å². The number of nitrogens with zero attached hydrogens (tertiary/aromatic N) is 2. The van der Waals surface area contributed by atoms with E-state index in [1.807, 2.05) is 13.0 Å². The van der Waals surface area contributed by atoms with Gasteiger partial charge >= 0.3 is 0 Å². The van der Waals surface area contributed by atoms with Gasteiger partial charge in [-0.15, -0.1) is 11.3 Å². The molecule has 0 bridgehead atoms. The summed E-state index contributed by atoms with van der Waals surface area (Å²) in [7, 11) is 0. The maximum absolute atomic E-state index is 12.9. The SMILES string of the molecule is Cc1nc(CN2CCC(C(=O)Nc3cc(Cl)ccc3OCC3CCCO3)CC2)cs1. The summed E-state index contributed by atoms with van der Waals surface area (Å²) in [6.07, 6.45) is 3.87. The van der Waals surface area contributed by atoms with Gasteiger partial charge in [0.2, 0.25) is 5.91 Å². The Morgan fingerprint density at radius 3 is 2.90 bits per heavy atom. The molecule has 1 aromatic carbocycles. The minimum atomic E-state index is -0.0107. The van der Waals surface area contributed by atoms with Gasteiger partial charge in [-0.3, -0.25) is 9.69 Å². The van der Waals surface area contributed by atoms with Crippen molar-refractivity contribution < 1.29 is 14.3 Å². The number of hydrogen-bond acceptors (Lipinski definition) is 6. The smallest absolute Gasteiger partial charge is 0.227 e. The number of likely N-dealkylation sites (tertiary alicyclic amines) is 1. The van der Waals surface area contributed by atoms with Crippen LogP contribution in [0.5, 0.6) is 5.75 Å². The quantitative estimate of drug-likeness (QED) is 0.673. The maximum Gasteiger partial charge on any atom is 0.227 e. The van der Waals surface area contributed by atoms with Crippen molar-refractivity contribution in [3.05, 3.63) is 39.3 Å². The average molecular weight is 450 g/mol. The minimum absolute atomic E-state index is 0.0107. The summed E-state index contributed by atoms with van der Waals surface area (Å²) >= 11 is 7.85. The first-order valence-electron chi connectivity index (χ1n) is 10.5. The monoisotopic (exact) mass is 449 g/mol. The van der Waals surface area contributed by atoms with Crippen molar-refractivity contribution in [1.82, 2.24) is 9.88 Å². The molecule has 2 fully saturated rings. The number of halogens is 1. The molecule has 2 aliphatic rings. The molecule has 1 aromatic heterocycles. The van der Waals surface area contributed by atoms with Crippen molar-refractivity contribution in [2.24, 2.45) is 5.92 Å². The number of carbonyl (C=O) groups excluding carboxylic acids is 1. The minimum Gasteiger partial charge on any atom is -0.489 e. The molecule has 1 amide bonds.